The zero-order valence-corrected chi connectivity index (χ0v) is 19.5. The summed E-state index contributed by atoms with van der Waals surface area (Å²) in [4.78, 5) is 25.2. The summed E-state index contributed by atoms with van der Waals surface area (Å²) in [6.07, 6.45) is 0.545. The number of benzene rings is 2. The Morgan fingerprint density at radius 3 is 2.38 bits per heavy atom. The van der Waals surface area contributed by atoms with Gasteiger partial charge in [-0.1, -0.05) is 30.3 Å². The smallest absolute Gasteiger partial charge is 0.259 e. The molecule has 1 saturated heterocycles. The molecule has 0 aliphatic carbocycles. The molecule has 0 unspecified atom stereocenters. The predicted molar refractivity (Wildman–Crippen MR) is 130 cm³/mol. The first-order valence-electron chi connectivity index (χ1n) is 11.8. The lowest BCUT2D eigenvalue weighted by Gasteiger charge is -2.39. The van der Waals surface area contributed by atoms with Gasteiger partial charge in [-0.25, -0.2) is 9.37 Å². The van der Waals surface area contributed by atoms with Gasteiger partial charge in [0.2, 0.25) is 5.95 Å². The zero-order chi connectivity index (χ0) is 23.5. The Labute approximate surface area is 199 Å². The van der Waals surface area contributed by atoms with Crippen molar-refractivity contribution in [2.45, 2.75) is 20.0 Å². The molecule has 0 spiro atoms. The highest BCUT2D eigenvalue weighted by Gasteiger charge is 2.28. The van der Waals surface area contributed by atoms with E-state index in [-0.39, 0.29) is 11.4 Å². The third kappa shape index (κ3) is 4.89. The maximum atomic E-state index is 13.7. The SMILES string of the molecule is Cc1nc2n(c(=O)c1Cc1ccccc1)CN(CCN1CCOCC1)CN2c1ccc(F)cc1. The van der Waals surface area contributed by atoms with Crippen molar-refractivity contribution >= 4 is 11.6 Å². The first-order chi connectivity index (χ1) is 16.6. The van der Waals surface area contributed by atoms with Crippen LogP contribution in [0.5, 0.6) is 0 Å². The van der Waals surface area contributed by atoms with E-state index >= 15 is 0 Å². The Kier molecular flexibility index (Phi) is 6.71. The fraction of sp³-hybridized carbons (Fsp3) is 0.385. The van der Waals surface area contributed by atoms with Crippen LogP contribution in [0.4, 0.5) is 16.0 Å². The van der Waals surface area contributed by atoms with Gasteiger partial charge in [-0.15, -0.1) is 0 Å². The van der Waals surface area contributed by atoms with Gasteiger partial charge in [0, 0.05) is 43.9 Å². The van der Waals surface area contributed by atoms with Crippen molar-refractivity contribution in [1.82, 2.24) is 19.4 Å². The van der Waals surface area contributed by atoms with E-state index in [1.54, 1.807) is 16.7 Å². The molecule has 1 aromatic heterocycles. The second-order valence-corrected chi connectivity index (χ2v) is 8.91. The van der Waals surface area contributed by atoms with Gasteiger partial charge in [0.25, 0.3) is 5.56 Å². The standard InChI is InChI=1S/C26H30FN5O2/c1-20-24(17-21-5-3-2-4-6-21)25(33)32-19-30(12-11-29-13-15-34-16-14-29)18-31(26(32)28-20)23-9-7-22(27)8-10-23/h2-10H,11-19H2,1H3. The highest BCUT2D eigenvalue weighted by molar-refractivity contribution is 5.58. The van der Waals surface area contributed by atoms with E-state index in [1.807, 2.05) is 42.2 Å². The molecule has 8 heteroatoms. The lowest BCUT2D eigenvalue weighted by Crippen LogP contribution is -2.50. The molecule has 3 heterocycles. The van der Waals surface area contributed by atoms with Crippen LogP contribution in [0, 0.1) is 12.7 Å². The number of fused-ring (bicyclic) bond motifs is 1. The topological polar surface area (TPSA) is 53.8 Å². The fourth-order valence-corrected chi connectivity index (χ4v) is 4.60. The van der Waals surface area contributed by atoms with Crippen molar-refractivity contribution in [3.63, 3.8) is 0 Å². The first-order valence-corrected chi connectivity index (χ1v) is 11.8. The quantitative estimate of drug-likeness (QED) is 0.560. The average molecular weight is 464 g/mol. The second-order valence-electron chi connectivity index (χ2n) is 8.91. The van der Waals surface area contributed by atoms with E-state index in [4.69, 9.17) is 9.72 Å². The van der Waals surface area contributed by atoms with Gasteiger partial charge in [0.1, 0.15) is 5.82 Å². The van der Waals surface area contributed by atoms with Crippen molar-refractivity contribution in [2.24, 2.45) is 0 Å². The minimum absolute atomic E-state index is 0.0189. The van der Waals surface area contributed by atoms with Gasteiger partial charge in [-0.05, 0) is 36.8 Å². The number of anilines is 2. The second kappa shape index (κ2) is 10.0. The number of rotatable bonds is 6. The lowest BCUT2D eigenvalue weighted by molar-refractivity contribution is 0.0310. The molecule has 0 radical (unpaired) electrons. The minimum atomic E-state index is -0.287. The molecule has 0 atom stereocenters. The molecule has 178 valence electrons. The number of aryl methyl sites for hydroxylation is 1. The Balaban J connectivity index is 1.48. The molecule has 3 aromatic rings. The maximum absolute atomic E-state index is 13.7. The van der Waals surface area contributed by atoms with Crippen LogP contribution in [0.25, 0.3) is 0 Å². The molecule has 0 amide bonds. The number of hydrogen-bond acceptors (Lipinski definition) is 6. The van der Waals surface area contributed by atoms with Crippen LogP contribution in [0.1, 0.15) is 16.8 Å². The monoisotopic (exact) mass is 463 g/mol. The molecule has 0 bridgehead atoms. The molecule has 2 aliphatic heterocycles. The third-order valence-corrected chi connectivity index (χ3v) is 6.57. The summed E-state index contributed by atoms with van der Waals surface area (Å²) in [7, 11) is 0. The Bertz CT molecular complexity index is 1180. The van der Waals surface area contributed by atoms with Crippen LogP contribution < -0.4 is 10.5 Å². The van der Waals surface area contributed by atoms with Gasteiger partial charge >= 0.3 is 0 Å². The van der Waals surface area contributed by atoms with Gasteiger partial charge < -0.3 is 4.74 Å². The van der Waals surface area contributed by atoms with Crippen LogP contribution in [-0.4, -0.2) is 65.4 Å². The molecule has 7 nitrogen and oxygen atoms in total. The summed E-state index contributed by atoms with van der Waals surface area (Å²) in [6, 6.07) is 16.4. The van der Waals surface area contributed by atoms with Crippen molar-refractivity contribution in [3.8, 4) is 0 Å². The molecule has 1 fully saturated rings. The van der Waals surface area contributed by atoms with Crippen LogP contribution >= 0.6 is 0 Å². The lowest BCUT2D eigenvalue weighted by atomic mass is 10.1. The minimum Gasteiger partial charge on any atom is -0.379 e. The summed E-state index contributed by atoms with van der Waals surface area (Å²) in [5.41, 5.74) is 3.32. The van der Waals surface area contributed by atoms with E-state index in [0.717, 1.165) is 56.3 Å². The highest BCUT2D eigenvalue weighted by Crippen LogP contribution is 2.28. The predicted octanol–water partition coefficient (Wildman–Crippen LogP) is 2.98. The fourth-order valence-electron chi connectivity index (χ4n) is 4.60. The van der Waals surface area contributed by atoms with E-state index in [1.165, 1.54) is 12.1 Å². The Morgan fingerprint density at radius 1 is 0.941 bits per heavy atom. The molecule has 2 aromatic carbocycles. The Hall–Kier alpha value is -3.07. The number of halogens is 1. The largest absolute Gasteiger partial charge is 0.379 e. The van der Waals surface area contributed by atoms with Gasteiger partial charge in [0.15, 0.2) is 0 Å². The van der Waals surface area contributed by atoms with Crippen LogP contribution in [0.3, 0.4) is 0 Å². The van der Waals surface area contributed by atoms with Crippen molar-refractivity contribution in [2.75, 3.05) is 51.0 Å². The molecule has 0 saturated carbocycles. The third-order valence-electron chi connectivity index (χ3n) is 6.57. The van der Waals surface area contributed by atoms with Gasteiger partial charge in [-0.3, -0.25) is 24.1 Å². The van der Waals surface area contributed by atoms with Crippen LogP contribution in [-0.2, 0) is 17.8 Å². The number of nitrogens with zero attached hydrogens (tertiary/aromatic N) is 5. The van der Waals surface area contributed by atoms with Crippen LogP contribution in [0.2, 0.25) is 0 Å². The highest BCUT2D eigenvalue weighted by atomic mass is 19.1. The summed E-state index contributed by atoms with van der Waals surface area (Å²) in [6.45, 7) is 8.04. The van der Waals surface area contributed by atoms with Crippen molar-refractivity contribution in [3.05, 3.63) is 87.6 Å². The molecule has 2 aliphatic rings. The normalized spacial score (nSPS) is 17.1. The average Bonchev–Trinajstić information content (AvgIpc) is 2.87. The summed E-state index contributed by atoms with van der Waals surface area (Å²) in [5.74, 6) is 0.318. The van der Waals surface area contributed by atoms with E-state index in [2.05, 4.69) is 9.80 Å². The Morgan fingerprint density at radius 2 is 1.65 bits per heavy atom. The summed E-state index contributed by atoms with van der Waals surface area (Å²) < 4.78 is 20.9. The first kappa shape index (κ1) is 22.7. The number of hydrogen-bond donors (Lipinski definition) is 0. The van der Waals surface area contributed by atoms with Gasteiger partial charge in [0.05, 0.1) is 32.2 Å². The summed E-state index contributed by atoms with van der Waals surface area (Å²) in [5, 5.41) is 0. The van der Waals surface area contributed by atoms with Crippen molar-refractivity contribution < 1.29 is 9.13 Å². The molecular formula is C26H30FN5O2. The van der Waals surface area contributed by atoms with E-state index in [0.29, 0.717) is 31.3 Å². The summed E-state index contributed by atoms with van der Waals surface area (Å²) >= 11 is 0. The maximum Gasteiger partial charge on any atom is 0.259 e. The number of morpholine rings is 1. The van der Waals surface area contributed by atoms with E-state index < -0.39 is 0 Å². The molecular weight excluding hydrogens is 433 g/mol. The number of aromatic nitrogens is 2. The van der Waals surface area contributed by atoms with Gasteiger partial charge in [-0.2, -0.15) is 0 Å². The molecule has 34 heavy (non-hydrogen) atoms. The van der Waals surface area contributed by atoms with E-state index in [9.17, 15) is 9.18 Å². The molecule has 0 N–H and O–H groups in total. The van der Waals surface area contributed by atoms with Crippen LogP contribution in [0.15, 0.2) is 59.4 Å². The van der Waals surface area contributed by atoms with Crippen molar-refractivity contribution in [1.29, 1.82) is 0 Å². The zero-order valence-electron chi connectivity index (χ0n) is 19.5. The number of ether oxygens (including phenoxy) is 1. The molecule has 5 rings (SSSR count).